The first kappa shape index (κ1) is 17.5. The van der Waals surface area contributed by atoms with E-state index in [2.05, 4.69) is 108 Å². The summed E-state index contributed by atoms with van der Waals surface area (Å²) in [6.07, 6.45) is 10.8. The summed E-state index contributed by atoms with van der Waals surface area (Å²) in [5.41, 5.74) is 4.18. The van der Waals surface area contributed by atoms with E-state index in [1.54, 1.807) is 0 Å². The van der Waals surface area contributed by atoms with Gasteiger partial charge in [-0.25, -0.2) is 4.98 Å². The molecule has 29 heavy (non-hydrogen) atoms. The summed E-state index contributed by atoms with van der Waals surface area (Å²) < 4.78 is 2.26. The first-order chi connectivity index (χ1) is 14.3. The largest absolute Gasteiger partial charge is 0.319 e. The SMILES string of the molecule is C#C[C@H]1C[C@@H]1c1cn(C(c2ccccc2)(c2ccccc2)c2ccccc2)cn1. The van der Waals surface area contributed by atoms with Crippen LogP contribution in [0, 0.1) is 18.3 Å². The van der Waals surface area contributed by atoms with Gasteiger partial charge in [0.1, 0.15) is 5.54 Å². The highest BCUT2D eigenvalue weighted by Gasteiger charge is 2.42. The molecule has 0 bridgehead atoms. The maximum Gasteiger partial charge on any atom is 0.121 e. The lowest BCUT2D eigenvalue weighted by atomic mass is 9.77. The zero-order valence-corrected chi connectivity index (χ0v) is 16.1. The highest BCUT2D eigenvalue weighted by molar-refractivity contribution is 5.50. The lowest BCUT2D eigenvalue weighted by Crippen LogP contribution is -2.36. The molecule has 140 valence electrons. The van der Waals surface area contributed by atoms with Gasteiger partial charge in [-0.05, 0) is 23.1 Å². The Morgan fingerprint density at radius 3 is 1.69 bits per heavy atom. The van der Waals surface area contributed by atoms with Crippen molar-refractivity contribution in [3.05, 3.63) is 126 Å². The predicted molar refractivity (Wildman–Crippen MR) is 117 cm³/mol. The normalized spacial score (nSPS) is 18.2. The van der Waals surface area contributed by atoms with Crippen LogP contribution >= 0.6 is 0 Å². The van der Waals surface area contributed by atoms with Crippen LogP contribution in [-0.2, 0) is 5.54 Å². The average Bonchev–Trinajstić information content (AvgIpc) is 3.44. The molecule has 2 heteroatoms. The van der Waals surface area contributed by atoms with Gasteiger partial charge in [0, 0.05) is 18.0 Å². The van der Waals surface area contributed by atoms with Crippen molar-refractivity contribution in [3.8, 4) is 12.3 Å². The number of terminal acetylenes is 1. The zero-order chi connectivity index (χ0) is 19.7. The fourth-order valence-electron chi connectivity index (χ4n) is 4.40. The van der Waals surface area contributed by atoms with Crippen LogP contribution in [0.2, 0.25) is 0 Å². The fraction of sp³-hybridized carbons (Fsp3) is 0.148. The van der Waals surface area contributed by atoms with Crippen molar-refractivity contribution >= 4 is 0 Å². The van der Waals surface area contributed by atoms with Gasteiger partial charge in [-0.2, -0.15) is 0 Å². The smallest absolute Gasteiger partial charge is 0.121 e. The number of benzene rings is 3. The van der Waals surface area contributed by atoms with Crippen LogP contribution in [0.15, 0.2) is 104 Å². The molecule has 1 fully saturated rings. The van der Waals surface area contributed by atoms with Crippen molar-refractivity contribution in [2.75, 3.05) is 0 Å². The molecule has 0 amide bonds. The number of hydrogen-bond acceptors (Lipinski definition) is 1. The van der Waals surface area contributed by atoms with E-state index in [-0.39, 0.29) is 0 Å². The average molecular weight is 374 g/mol. The second-order valence-electron chi connectivity index (χ2n) is 7.63. The first-order valence-corrected chi connectivity index (χ1v) is 10.0. The Morgan fingerprint density at radius 1 is 0.793 bits per heavy atom. The van der Waals surface area contributed by atoms with Gasteiger partial charge in [0.2, 0.25) is 0 Å². The van der Waals surface area contributed by atoms with Gasteiger partial charge >= 0.3 is 0 Å². The minimum Gasteiger partial charge on any atom is -0.319 e. The maximum absolute atomic E-state index is 5.64. The molecule has 0 aliphatic heterocycles. The summed E-state index contributed by atoms with van der Waals surface area (Å²) in [6, 6.07) is 32.0. The predicted octanol–water partition coefficient (Wildman–Crippen LogP) is 5.46. The van der Waals surface area contributed by atoms with Gasteiger partial charge in [0.15, 0.2) is 0 Å². The third-order valence-corrected chi connectivity index (χ3v) is 5.95. The van der Waals surface area contributed by atoms with E-state index < -0.39 is 5.54 Å². The van der Waals surface area contributed by atoms with Gasteiger partial charge in [0.25, 0.3) is 0 Å². The number of nitrogens with zero attached hydrogens (tertiary/aromatic N) is 2. The van der Waals surface area contributed by atoms with Crippen LogP contribution in [-0.4, -0.2) is 9.55 Å². The highest BCUT2D eigenvalue weighted by Crippen LogP contribution is 2.47. The van der Waals surface area contributed by atoms with E-state index in [1.165, 1.54) is 16.7 Å². The molecule has 0 saturated heterocycles. The molecular weight excluding hydrogens is 352 g/mol. The number of imidazole rings is 1. The summed E-state index contributed by atoms with van der Waals surface area (Å²) in [5, 5.41) is 0. The number of rotatable bonds is 5. The lowest BCUT2D eigenvalue weighted by molar-refractivity contribution is 0.514. The van der Waals surface area contributed by atoms with Crippen molar-refractivity contribution < 1.29 is 0 Å². The molecule has 1 saturated carbocycles. The zero-order valence-electron chi connectivity index (χ0n) is 16.1. The molecule has 1 heterocycles. The summed E-state index contributed by atoms with van der Waals surface area (Å²) >= 11 is 0. The van der Waals surface area contributed by atoms with Crippen LogP contribution in [0.1, 0.15) is 34.7 Å². The van der Waals surface area contributed by atoms with Crippen LogP contribution in [0.4, 0.5) is 0 Å². The Kier molecular flexibility index (Phi) is 4.30. The summed E-state index contributed by atoms with van der Waals surface area (Å²) in [5.74, 6) is 3.57. The lowest BCUT2D eigenvalue weighted by Gasteiger charge is -2.37. The molecule has 0 N–H and O–H groups in total. The van der Waals surface area contributed by atoms with Crippen LogP contribution in [0.25, 0.3) is 0 Å². The second-order valence-corrected chi connectivity index (χ2v) is 7.63. The molecule has 2 nitrogen and oxygen atoms in total. The molecular formula is C27H22N2. The van der Waals surface area contributed by atoms with E-state index in [9.17, 15) is 0 Å². The fourth-order valence-corrected chi connectivity index (χ4v) is 4.40. The molecule has 1 aliphatic rings. The molecule has 2 atom stereocenters. The summed E-state index contributed by atoms with van der Waals surface area (Å²) in [6.45, 7) is 0. The van der Waals surface area contributed by atoms with E-state index in [0.29, 0.717) is 11.8 Å². The minimum atomic E-state index is -0.504. The molecule has 1 aromatic heterocycles. The van der Waals surface area contributed by atoms with Crippen molar-refractivity contribution in [2.24, 2.45) is 5.92 Å². The minimum absolute atomic E-state index is 0.318. The molecule has 0 spiro atoms. The van der Waals surface area contributed by atoms with Crippen LogP contribution in [0.5, 0.6) is 0 Å². The van der Waals surface area contributed by atoms with E-state index in [4.69, 9.17) is 11.4 Å². The van der Waals surface area contributed by atoms with E-state index in [0.717, 1.165) is 12.1 Å². The highest BCUT2D eigenvalue weighted by atomic mass is 15.1. The Labute approximate surface area is 171 Å². The maximum atomic E-state index is 5.64. The number of hydrogen-bond donors (Lipinski definition) is 0. The van der Waals surface area contributed by atoms with Crippen molar-refractivity contribution in [2.45, 2.75) is 17.9 Å². The quantitative estimate of drug-likeness (QED) is 0.335. The molecule has 3 aromatic carbocycles. The first-order valence-electron chi connectivity index (χ1n) is 10.0. The molecule has 5 rings (SSSR count). The van der Waals surface area contributed by atoms with Crippen molar-refractivity contribution in [1.82, 2.24) is 9.55 Å². The van der Waals surface area contributed by atoms with Gasteiger partial charge in [-0.1, -0.05) is 91.0 Å². The standard InChI is InChI=1S/C27H22N2/c1-2-21-18-25(21)26-19-29(20-28-26)27(22-12-6-3-7-13-22,23-14-8-4-9-15-23)24-16-10-5-11-17-24/h1,3-17,19-21,25H,18H2/t21-,25-/m0/s1. The number of aromatic nitrogens is 2. The Balaban J connectivity index is 1.78. The van der Waals surface area contributed by atoms with Gasteiger partial charge in [0.05, 0.1) is 12.0 Å². The van der Waals surface area contributed by atoms with Gasteiger partial charge in [-0.3, -0.25) is 0 Å². The Hall–Kier alpha value is -3.57. The van der Waals surface area contributed by atoms with Crippen molar-refractivity contribution in [1.29, 1.82) is 0 Å². The monoisotopic (exact) mass is 374 g/mol. The van der Waals surface area contributed by atoms with Crippen LogP contribution in [0.3, 0.4) is 0 Å². The molecule has 0 radical (unpaired) electrons. The second kappa shape index (κ2) is 7.11. The molecule has 0 unspecified atom stereocenters. The van der Waals surface area contributed by atoms with Crippen molar-refractivity contribution in [3.63, 3.8) is 0 Å². The Bertz CT molecular complexity index is 1040. The van der Waals surface area contributed by atoms with E-state index >= 15 is 0 Å². The Morgan fingerprint density at radius 2 is 1.28 bits per heavy atom. The topological polar surface area (TPSA) is 17.8 Å². The summed E-state index contributed by atoms with van der Waals surface area (Å²) in [4.78, 5) is 4.79. The van der Waals surface area contributed by atoms with Crippen LogP contribution < -0.4 is 0 Å². The third kappa shape index (κ3) is 2.87. The molecule has 1 aliphatic carbocycles. The molecule has 4 aromatic rings. The third-order valence-electron chi connectivity index (χ3n) is 5.95. The van der Waals surface area contributed by atoms with Gasteiger partial charge in [-0.15, -0.1) is 12.3 Å². The van der Waals surface area contributed by atoms with E-state index in [1.807, 2.05) is 6.33 Å². The summed E-state index contributed by atoms with van der Waals surface area (Å²) in [7, 11) is 0. The van der Waals surface area contributed by atoms with Gasteiger partial charge < -0.3 is 4.57 Å².